The zero-order chi connectivity index (χ0) is 28.9. The molecule has 10 heteroatoms. The molecule has 2 heterocycles. The average molecular weight is 573 g/mol. The van der Waals surface area contributed by atoms with E-state index in [0.717, 1.165) is 34.2 Å². The van der Waals surface area contributed by atoms with Gasteiger partial charge in [0.05, 0.1) is 17.1 Å². The summed E-state index contributed by atoms with van der Waals surface area (Å²) in [7, 11) is 0. The van der Waals surface area contributed by atoms with Gasteiger partial charge in [-0.2, -0.15) is 0 Å². The number of benzene rings is 3. The van der Waals surface area contributed by atoms with E-state index in [9.17, 15) is 19.2 Å². The van der Waals surface area contributed by atoms with Gasteiger partial charge in [0.25, 0.3) is 11.1 Å². The number of aromatic carboxylic acids is 1. The van der Waals surface area contributed by atoms with Crippen molar-refractivity contribution in [2.45, 2.75) is 26.5 Å². The lowest BCUT2D eigenvalue weighted by Gasteiger charge is -2.29. The van der Waals surface area contributed by atoms with Crippen molar-refractivity contribution in [3.05, 3.63) is 99.5 Å². The molecule has 3 amide bonds. The molecule has 0 radical (unpaired) electrons. The average Bonchev–Trinajstić information content (AvgIpc) is 3.24. The lowest BCUT2D eigenvalue weighted by atomic mass is 10.00. The Bertz CT molecular complexity index is 1530. The second-order valence-electron chi connectivity index (χ2n) is 9.53. The van der Waals surface area contributed by atoms with E-state index in [1.807, 2.05) is 25.1 Å². The number of thioether (sulfide) groups is 1. The number of carbonyl (C=O) groups excluding carboxylic acids is 3. The van der Waals surface area contributed by atoms with Crippen molar-refractivity contribution < 1.29 is 33.8 Å². The molecule has 2 aliphatic rings. The van der Waals surface area contributed by atoms with Crippen LogP contribution in [0.2, 0.25) is 0 Å². The van der Waals surface area contributed by atoms with E-state index in [1.165, 1.54) is 17.7 Å². The predicted octanol–water partition coefficient (Wildman–Crippen LogP) is 4.98. The second-order valence-corrected chi connectivity index (χ2v) is 10.5. The fraction of sp³-hybridized carbons (Fsp3) is 0.226. The Morgan fingerprint density at radius 1 is 0.976 bits per heavy atom. The first-order valence-corrected chi connectivity index (χ1v) is 14.0. The molecular weight excluding hydrogens is 544 g/mol. The molecule has 3 aromatic carbocycles. The van der Waals surface area contributed by atoms with Crippen LogP contribution >= 0.6 is 11.8 Å². The second kappa shape index (κ2) is 12.3. The van der Waals surface area contributed by atoms with Gasteiger partial charge in [0.2, 0.25) is 5.91 Å². The Labute approximate surface area is 241 Å². The minimum Gasteiger partial charge on any atom is -0.490 e. The van der Waals surface area contributed by atoms with Crippen molar-refractivity contribution in [2.75, 3.05) is 19.7 Å². The zero-order valence-corrected chi connectivity index (χ0v) is 23.2. The van der Waals surface area contributed by atoms with Gasteiger partial charge >= 0.3 is 5.97 Å². The third-order valence-electron chi connectivity index (χ3n) is 6.81. The number of rotatable bonds is 9. The fourth-order valence-electron chi connectivity index (χ4n) is 4.64. The first-order valence-electron chi connectivity index (χ1n) is 13.1. The van der Waals surface area contributed by atoms with Crippen molar-refractivity contribution in [3.63, 3.8) is 0 Å². The number of carboxylic acids is 1. The van der Waals surface area contributed by atoms with Gasteiger partial charge in [0.15, 0.2) is 11.5 Å². The molecule has 1 fully saturated rings. The van der Waals surface area contributed by atoms with E-state index >= 15 is 0 Å². The summed E-state index contributed by atoms with van der Waals surface area (Å²) in [4.78, 5) is 52.7. The van der Waals surface area contributed by atoms with Crippen molar-refractivity contribution in [2.24, 2.45) is 0 Å². The van der Waals surface area contributed by atoms with Gasteiger partial charge < -0.3 is 19.5 Å². The van der Waals surface area contributed by atoms with Crippen molar-refractivity contribution >= 4 is 40.9 Å². The van der Waals surface area contributed by atoms with Crippen LogP contribution in [0.5, 0.6) is 11.5 Å². The maximum absolute atomic E-state index is 13.1. The molecular formula is C31H28N2O7S. The summed E-state index contributed by atoms with van der Waals surface area (Å²) in [5, 5.41) is 8.58. The smallest absolute Gasteiger partial charge is 0.335 e. The van der Waals surface area contributed by atoms with Crippen LogP contribution in [-0.2, 0) is 29.2 Å². The number of ether oxygens (including phenoxy) is 2. The minimum atomic E-state index is -0.996. The van der Waals surface area contributed by atoms with Gasteiger partial charge in [0, 0.05) is 13.1 Å². The van der Waals surface area contributed by atoms with E-state index in [1.54, 1.807) is 41.3 Å². The minimum absolute atomic E-state index is 0.194. The Morgan fingerprint density at radius 3 is 2.46 bits per heavy atom. The number of amides is 3. The predicted molar refractivity (Wildman–Crippen MR) is 154 cm³/mol. The van der Waals surface area contributed by atoms with E-state index < -0.39 is 17.1 Å². The Morgan fingerprint density at radius 2 is 1.73 bits per heavy atom. The van der Waals surface area contributed by atoms with Crippen LogP contribution in [0.15, 0.2) is 71.6 Å². The number of carbonyl (C=O) groups is 4. The third kappa shape index (κ3) is 6.44. The van der Waals surface area contributed by atoms with Crippen molar-refractivity contribution in [1.82, 2.24) is 9.80 Å². The lowest BCUT2D eigenvalue weighted by molar-refractivity contribution is -0.136. The maximum Gasteiger partial charge on any atom is 0.335 e. The van der Waals surface area contributed by atoms with Crippen LogP contribution in [0, 0.1) is 0 Å². The van der Waals surface area contributed by atoms with Crippen LogP contribution in [0.25, 0.3) is 6.08 Å². The van der Waals surface area contributed by atoms with E-state index in [0.29, 0.717) is 36.8 Å². The molecule has 0 spiro atoms. The van der Waals surface area contributed by atoms with Crippen LogP contribution in [0.4, 0.5) is 4.79 Å². The molecule has 0 saturated carbocycles. The summed E-state index contributed by atoms with van der Waals surface area (Å²) in [6.45, 7) is 3.13. The van der Waals surface area contributed by atoms with Gasteiger partial charge in [-0.3, -0.25) is 19.3 Å². The molecule has 0 unspecified atom stereocenters. The first-order chi connectivity index (χ1) is 19.8. The van der Waals surface area contributed by atoms with Gasteiger partial charge in [-0.25, -0.2) is 4.79 Å². The summed E-state index contributed by atoms with van der Waals surface area (Å²) in [6, 6.07) is 19.5. The first kappa shape index (κ1) is 28.0. The van der Waals surface area contributed by atoms with Crippen LogP contribution < -0.4 is 9.47 Å². The van der Waals surface area contributed by atoms with E-state index in [2.05, 4.69) is 6.07 Å². The third-order valence-corrected chi connectivity index (χ3v) is 7.72. The Kier molecular flexibility index (Phi) is 8.39. The largest absolute Gasteiger partial charge is 0.490 e. The van der Waals surface area contributed by atoms with Gasteiger partial charge in [-0.15, -0.1) is 0 Å². The summed E-state index contributed by atoms with van der Waals surface area (Å²) in [6.07, 6.45) is 2.34. The zero-order valence-electron chi connectivity index (χ0n) is 22.4. The quantitative estimate of drug-likeness (QED) is 0.357. The van der Waals surface area contributed by atoms with Gasteiger partial charge in [-0.05, 0) is 77.7 Å². The molecule has 0 aromatic heterocycles. The number of carboxylic acid groups (broad SMARTS) is 1. The highest BCUT2D eigenvalue weighted by Crippen LogP contribution is 2.35. The molecule has 5 rings (SSSR count). The molecule has 41 heavy (non-hydrogen) atoms. The molecule has 210 valence electrons. The Hall–Kier alpha value is -4.57. The molecule has 0 aliphatic carbocycles. The highest BCUT2D eigenvalue weighted by Gasteiger charge is 2.37. The molecule has 2 aliphatic heterocycles. The number of fused-ring (bicyclic) bond motifs is 1. The van der Waals surface area contributed by atoms with Crippen LogP contribution in [-0.4, -0.2) is 57.6 Å². The standard InChI is InChI=1S/C31H28N2O7S/c1-2-39-26-15-21(9-12-25(26)40-19-20-7-10-23(11-8-20)30(36)37)16-27-29(35)33(31(38)41-27)18-28(34)32-14-13-22-5-3-4-6-24(22)17-32/h3-12,15-16H,2,13-14,17-19H2,1H3,(H,36,37)/b27-16-. The van der Waals surface area contributed by atoms with Gasteiger partial charge in [0.1, 0.15) is 13.2 Å². The van der Waals surface area contributed by atoms with Crippen LogP contribution in [0.3, 0.4) is 0 Å². The summed E-state index contributed by atoms with van der Waals surface area (Å²) in [5.74, 6) is -0.824. The topological polar surface area (TPSA) is 113 Å². The van der Waals surface area contributed by atoms with E-state index in [4.69, 9.17) is 14.6 Å². The molecule has 9 nitrogen and oxygen atoms in total. The highest BCUT2D eigenvalue weighted by molar-refractivity contribution is 8.18. The number of nitrogens with zero attached hydrogens (tertiary/aromatic N) is 2. The molecule has 1 saturated heterocycles. The molecule has 3 aromatic rings. The van der Waals surface area contributed by atoms with Crippen LogP contribution in [0.1, 0.15) is 39.5 Å². The summed E-state index contributed by atoms with van der Waals surface area (Å²) in [5.41, 5.74) is 3.91. The monoisotopic (exact) mass is 572 g/mol. The number of hydrogen-bond donors (Lipinski definition) is 1. The lowest BCUT2D eigenvalue weighted by Crippen LogP contribution is -2.44. The summed E-state index contributed by atoms with van der Waals surface area (Å²) < 4.78 is 11.7. The maximum atomic E-state index is 13.1. The Balaban J connectivity index is 1.25. The summed E-state index contributed by atoms with van der Waals surface area (Å²) >= 11 is 0.802. The van der Waals surface area contributed by atoms with Crippen molar-refractivity contribution in [3.8, 4) is 11.5 Å². The fourth-order valence-corrected chi connectivity index (χ4v) is 5.48. The highest BCUT2D eigenvalue weighted by atomic mass is 32.2. The molecule has 1 N–H and O–H groups in total. The molecule has 0 atom stereocenters. The normalized spacial score (nSPS) is 15.7. The SMILES string of the molecule is CCOc1cc(/C=C2\SC(=O)N(CC(=O)N3CCc4ccccc4C3)C2=O)ccc1OCc1ccc(C(=O)O)cc1. The number of imide groups is 1. The number of hydrogen-bond acceptors (Lipinski definition) is 7. The van der Waals surface area contributed by atoms with Crippen molar-refractivity contribution in [1.29, 1.82) is 0 Å². The van der Waals surface area contributed by atoms with Gasteiger partial charge in [-0.1, -0.05) is 42.5 Å². The molecule has 0 bridgehead atoms. The van der Waals surface area contributed by atoms with E-state index in [-0.39, 0.29) is 29.5 Å².